The molecule has 0 amide bonds. The fourth-order valence-electron chi connectivity index (χ4n) is 1.11. The van der Waals surface area contributed by atoms with Crippen LogP contribution in [-0.2, 0) is 4.79 Å². The lowest BCUT2D eigenvalue weighted by molar-refractivity contribution is -0.109. The van der Waals surface area contributed by atoms with Gasteiger partial charge in [-0.3, -0.25) is 4.79 Å². The van der Waals surface area contributed by atoms with Crippen LogP contribution in [0.2, 0.25) is 0 Å². The van der Waals surface area contributed by atoms with Gasteiger partial charge in [0.05, 0.1) is 0 Å². The molecule has 0 radical (unpaired) electrons. The highest BCUT2D eigenvalue weighted by atomic mass is 32.2. The van der Waals surface area contributed by atoms with E-state index >= 15 is 0 Å². The molecule has 0 bridgehead atoms. The molecule has 1 aromatic carbocycles. The molecule has 0 heterocycles. The second-order valence-electron chi connectivity index (χ2n) is 3.12. The van der Waals surface area contributed by atoms with Crippen molar-refractivity contribution in [1.82, 2.24) is 0 Å². The molecule has 1 aromatic rings. The molecule has 16 heavy (non-hydrogen) atoms. The number of carbonyl (C=O) groups is 1. The molecule has 84 valence electrons. The third-order valence-corrected chi connectivity index (χ3v) is 3.37. The quantitative estimate of drug-likeness (QED) is 0.465. The topological polar surface area (TPSA) is 17.1 Å². The van der Waals surface area contributed by atoms with Gasteiger partial charge in [0, 0.05) is 29.6 Å². The Labute approximate surface area is 105 Å². The summed E-state index contributed by atoms with van der Waals surface area (Å²) in [4.78, 5) is 11.9. The first-order valence-electron chi connectivity index (χ1n) is 4.98. The Morgan fingerprint density at radius 2 is 2.25 bits per heavy atom. The molecule has 3 heteroatoms. The molecule has 0 spiro atoms. The first-order valence-corrected chi connectivity index (χ1v) is 7.19. The zero-order valence-corrected chi connectivity index (χ0v) is 11.1. The van der Waals surface area contributed by atoms with Gasteiger partial charge in [-0.2, -0.15) is 0 Å². The standard InChI is InChI=1S/C13H14OS2/c1-11(14)16-9-4-3-6-12-7-5-8-13(10-12)15-2/h5,7-8,10H,4,9H2,1-2H3. The maximum Gasteiger partial charge on any atom is 0.185 e. The van der Waals surface area contributed by atoms with Gasteiger partial charge in [-0.25, -0.2) is 0 Å². The number of rotatable bonds is 3. The van der Waals surface area contributed by atoms with E-state index in [0.29, 0.717) is 0 Å². The summed E-state index contributed by atoms with van der Waals surface area (Å²) in [5.74, 6) is 6.96. The minimum absolute atomic E-state index is 0.159. The van der Waals surface area contributed by atoms with E-state index in [-0.39, 0.29) is 5.12 Å². The summed E-state index contributed by atoms with van der Waals surface area (Å²) >= 11 is 3.04. The second-order valence-corrected chi connectivity index (χ2v) is 5.28. The average Bonchev–Trinajstić information content (AvgIpc) is 2.28. The monoisotopic (exact) mass is 250 g/mol. The lowest BCUT2D eigenvalue weighted by Gasteiger charge is -1.95. The van der Waals surface area contributed by atoms with Crippen LogP contribution in [-0.4, -0.2) is 17.1 Å². The Bertz CT molecular complexity index is 415. The van der Waals surface area contributed by atoms with E-state index in [2.05, 4.69) is 30.2 Å². The van der Waals surface area contributed by atoms with Crippen molar-refractivity contribution in [2.45, 2.75) is 18.2 Å². The third kappa shape index (κ3) is 5.29. The van der Waals surface area contributed by atoms with Crippen LogP contribution < -0.4 is 0 Å². The number of thioether (sulfide) groups is 2. The molecule has 0 saturated heterocycles. The van der Waals surface area contributed by atoms with Gasteiger partial charge in [-0.15, -0.1) is 11.8 Å². The molecule has 1 nitrogen and oxygen atoms in total. The van der Waals surface area contributed by atoms with Crippen LogP contribution >= 0.6 is 23.5 Å². The van der Waals surface area contributed by atoms with Crippen molar-refractivity contribution >= 4 is 28.6 Å². The van der Waals surface area contributed by atoms with Crippen LogP contribution in [0.5, 0.6) is 0 Å². The number of hydrogen-bond donors (Lipinski definition) is 0. The molecule has 0 fully saturated rings. The fourth-order valence-corrected chi connectivity index (χ4v) is 2.06. The Morgan fingerprint density at radius 3 is 2.94 bits per heavy atom. The van der Waals surface area contributed by atoms with Crippen LogP contribution in [0.1, 0.15) is 18.9 Å². The zero-order chi connectivity index (χ0) is 11.8. The average molecular weight is 250 g/mol. The van der Waals surface area contributed by atoms with Gasteiger partial charge < -0.3 is 0 Å². The molecule has 0 saturated carbocycles. The van der Waals surface area contributed by atoms with Gasteiger partial charge in [0.1, 0.15) is 0 Å². The Kier molecular flexibility index (Phi) is 6.14. The van der Waals surface area contributed by atoms with Crippen LogP contribution in [0.4, 0.5) is 0 Å². The highest BCUT2D eigenvalue weighted by Gasteiger charge is 1.92. The van der Waals surface area contributed by atoms with Gasteiger partial charge in [-0.1, -0.05) is 29.7 Å². The zero-order valence-electron chi connectivity index (χ0n) is 9.45. The number of carbonyl (C=O) groups excluding carboxylic acids is 1. The summed E-state index contributed by atoms with van der Waals surface area (Å²) in [5, 5.41) is 0.159. The summed E-state index contributed by atoms with van der Waals surface area (Å²) in [6, 6.07) is 8.17. The molecule has 0 aliphatic carbocycles. The normalized spacial score (nSPS) is 9.38. The van der Waals surface area contributed by atoms with E-state index in [1.54, 1.807) is 18.7 Å². The van der Waals surface area contributed by atoms with Gasteiger partial charge in [-0.05, 0) is 24.5 Å². The molecule has 0 aliphatic rings. The van der Waals surface area contributed by atoms with Crippen molar-refractivity contribution in [3.63, 3.8) is 0 Å². The van der Waals surface area contributed by atoms with Gasteiger partial charge in [0.25, 0.3) is 0 Å². The predicted octanol–water partition coefficient (Wildman–Crippen LogP) is 3.43. The minimum Gasteiger partial charge on any atom is -0.288 e. The third-order valence-electron chi connectivity index (χ3n) is 1.83. The van der Waals surface area contributed by atoms with Crippen LogP contribution in [0, 0.1) is 11.8 Å². The van der Waals surface area contributed by atoms with Crippen LogP contribution in [0.25, 0.3) is 0 Å². The molecular weight excluding hydrogens is 236 g/mol. The Morgan fingerprint density at radius 1 is 1.44 bits per heavy atom. The highest BCUT2D eigenvalue weighted by Crippen LogP contribution is 2.15. The van der Waals surface area contributed by atoms with E-state index in [4.69, 9.17) is 0 Å². The van der Waals surface area contributed by atoms with E-state index in [1.807, 2.05) is 12.1 Å². The SMILES string of the molecule is CSc1cccc(C#CCCSC(C)=O)c1. The predicted molar refractivity (Wildman–Crippen MR) is 72.9 cm³/mol. The minimum atomic E-state index is 0.159. The summed E-state index contributed by atoms with van der Waals surface area (Å²) in [6.45, 7) is 1.58. The molecule has 0 unspecified atom stereocenters. The smallest absolute Gasteiger partial charge is 0.185 e. The summed E-state index contributed by atoms with van der Waals surface area (Å²) < 4.78 is 0. The van der Waals surface area contributed by atoms with E-state index in [1.165, 1.54) is 16.7 Å². The van der Waals surface area contributed by atoms with Crippen molar-refractivity contribution in [3.05, 3.63) is 29.8 Å². The molecule has 1 rings (SSSR count). The van der Waals surface area contributed by atoms with Crippen molar-refractivity contribution < 1.29 is 4.79 Å². The fraction of sp³-hybridized carbons (Fsp3) is 0.308. The number of benzene rings is 1. The van der Waals surface area contributed by atoms with E-state index in [9.17, 15) is 4.79 Å². The molecule has 0 aliphatic heterocycles. The maximum absolute atomic E-state index is 10.7. The molecular formula is C13H14OS2. The van der Waals surface area contributed by atoms with E-state index in [0.717, 1.165) is 17.7 Å². The molecule has 0 N–H and O–H groups in total. The van der Waals surface area contributed by atoms with Crippen molar-refractivity contribution in [2.24, 2.45) is 0 Å². The van der Waals surface area contributed by atoms with Crippen molar-refractivity contribution in [2.75, 3.05) is 12.0 Å². The van der Waals surface area contributed by atoms with Gasteiger partial charge >= 0.3 is 0 Å². The lowest BCUT2D eigenvalue weighted by atomic mass is 10.2. The molecule has 0 aromatic heterocycles. The lowest BCUT2D eigenvalue weighted by Crippen LogP contribution is -1.84. The van der Waals surface area contributed by atoms with Crippen LogP contribution in [0.15, 0.2) is 29.2 Å². The Hall–Kier alpha value is -0.850. The second kappa shape index (κ2) is 7.43. The van der Waals surface area contributed by atoms with Crippen molar-refractivity contribution in [3.8, 4) is 11.8 Å². The van der Waals surface area contributed by atoms with E-state index < -0.39 is 0 Å². The molecule has 0 atom stereocenters. The first kappa shape index (κ1) is 13.2. The first-order chi connectivity index (χ1) is 7.72. The maximum atomic E-state index is 10.7. The van der Waals surface area contributed by atoms with Gasteiger partial charge in [0.15, 0.2) is 5.12 Å². The van der Waals surface area contributed by atoms with Crippen LogP contribution in [0.3, 0.4) is 0 Å². The largest absolute Gasteiger partial charge is 0.288 e. The van der Waals surface area contributed by atoms with Crippen molar-refractivity contribution in [1.29, 1.82) is 0 Å². The Balaban J connectivity index is 2.46. The van der Waals surface area contributed by atoms with Gasteiger partial charge in [0.2, 0.25) is 0 Å². The summed E-state index contributed by atoms with van der Waals surface area (Å²) in [7, 11) is 0. The summed E-state index contributed by atoms with van der Waals surface area (Å²) in [6.07, 6.45) is 2.81. The summed E-state index contributed by atoms with van der Waals surface area (Å²) in [5.41, 5.74) is 1.04. The number of hydrogen-bond acceptors (Lipinski definition) is 3. The highest BCUT2D eigenvalue weighted by molar-refractivity contribution is 8.13.